The lowest BCUT2D eigenvalue weighted by molar-refractivity contribution is 0.677. The van der Waals surface area contributed by atoms with E-state index in [1.165, 1.54) is 4.57 Å². The molecule has 1 rings (SSSR count). The van der Waals surface area contributed by atoms with Gasteiger partial charge in [0.15, 0.2) is 0 Å². The summed E-state index contributed by atoms with van der Waals surface area (Å²) in [7, 11) is -0.877. The van der Waals surface area contributed by atoms with E-state index in [-0.39, 0.29) is 17.5 Å². The number of aromatic nitrogens is 2. The molecule has 0 aliphatic rings. The molecule has 0 aliphatic heterocycles. The van der Waals surface area contributed by atoms with Crippen molar-refractivity contribution in [2.24, 2.45) is 0 Å². The smallest absolute Gasteiger partial charge is 0.330 e. The summed E-state index contributed by atoms with van der Waals surface area (Å²) in [5.41, 5.74) is 4.96. The van der Waals surface area contributed by atoms with Gasteiger partial charge in [-0.2, -0.15) is 0 Å². The Kier molecular flexibility index (Phi) is 5.34. The van der Waals surface area contributed by atoms with Crippen molar-refractivity contribution in [2.45, 2.75) is 32.9 Å². The second kappa shape index (κ2) is 6.55. The van der Waals surface area contributed by atoms with Crippen molar-refractivity contribution in [1.29, 1.82) is 0 Å². The van der Waals surface area contributed by atoms with Crippen LogP contribution in [0.4, 0.5) is 11.5 Å². The summed E-state index contributed by atoms with van der Waals surface area (Å²) in [5.74, 6) is 0.667. The molecule has 0 saturated heterocycles. The number of nitrogen functional groups attached to an aromatic ring is 1. The molecule has 1 aromatic heterocycles. The van der Waals surface area contributed by atoms with Gasteiger partial charge in [0, 0.05) is 35.4 Å². The van der Waals surface area contributed by atoms with Crippen LogP contribution in [0.5, 0.6) is 0 Å². The molecule has 4 N–H and O–H groups in total. The highest BCUT2D eigenvalue weighted by molar-refractivity contribution is 7.84. The number of nitrogens with zero attached hydrogens (tertiary/aromatic N) is 1. The van der Waals surface area contributed by atoms with Gasteiger partial charge in [0.1, 0.15) is 11.5 Å². The number of anilines is 2. The summed E-state index contributed by atoms with van der Waals surface area (Å²) < 4.78 is 12.3. The van der Waals surface area contributed by atoms with E-state index < -0.39 is 22.0 Å². The van der Waals surface area contributed by atoms with Crippen molar-refractivity contribution in [3.8, 4) is 0 Å². The SMILES string of the molecule is CCn1c(N)c(NC(C)CCS(C)=O)c(=O)[nH]c1=O. The molecule has 19 heavy (non-hydrogen) atoms. The molecule has 0 radical (unpaired) electrons. The largest absolute Gasteiger partial charge is 0.383 e. The molecule has 1 aromatic rings. The molecule has 8 heteroatoms. The number of hydrogen-bond donors (Lipinski definition) is 3. The van der Waals surface area contributed by atoms with Crippen LogP contribution in [0.15, 0.2) is 9.59 Å². The van der Waals surface area contributed by atoms with Gasteiger partial charge < -0.3 is 11.1 Å². The number of hydrogen-bond acceptors (Lipinski definition) is 5. The molecule has 2 atom stereocenters. The summed E-state index contributed by atoms with van der Waals surface area (Å²) in [6, 6.07) is -0.0601. The highest BCUT2D eigenvalue weighted by Gasteiger charge is 2.13. The number of rotatable bonds is 6. The Bertz CT molecular complexity index is 578. The maximum atomic E-state index is 11.7. The quantitative estimate of drug-likeness (QED) is 0.666. The van der Waals surface area contributed by atoms with Crippen LogP contribution in [0.2, 0.25) is 0 Å². The third kappa shape index (κ3) is 3.95. The van der Waals surface area contributed by atoms with Crippen molar-refractivity contribution in [2.75, 3.05) is 23.1 Å². The number of aromatic amines is 1. The number of nitrogens with one attached hydrogen (secondary N) is 2. The van der Waals surface area contributed by atoms with E-state index in [2.05, 4.69) is 10.3 Å². The third-order valence-corrected chi connectivity index (χ3v) is 3.60. The predicted octanol–water partition coefficient (Wildman–Crippen LogP) is -0.292. The van der Waals surface area contributed by atoms with Gasteiger partial charge in [0.05, 0.1) is 0 Å². The Hall–Kier alpha value is -1.57. The van der Waals surface area contributed by atoms with Crippen molar-refractivity contribution in [1.82, 2.24) is 9.55 Å². The van der Waals surface area contributed by atoms with E-state index >= 15 is 0 Å². The molecule has 7 nitrogen and oxygen atoms in total. The van der Waals surface area contributed by atoms with Crippen molar-refractivity contribution < 1.29 is 4.21 Å². The highest BCUT2D eigenvalue weighted by atomic mass is 32.2. The van der Waals surface area contributed by atoms with E-state index in [1.54, 1.807) is 13.2 Å². The van der Waals surface area contributed by atoms with Crippen LogP contribution in [0.1, 0.15) is 20.3 Å². The van der Waals surface area contributed by atoms with Crippen LogP contribution in [-0.2, 0) is 17.3 Å². The fraction of sp³-hybridized carbons (Fsp3) is 0.636. The van der Waals surface area contributed by atoms with Crippen LogP contribution in [0, 0.1) is 0 Å². The summed E-state index contributed by atoms with van der Waals surface area (Å²) >= 11 is 0. The molecule has 0 amide bonds. The minimum absolute atomic E-state index is 0.0601. The lowest BCUT2D eigenvalue weighted by Gasteiger charge is -2.17. The highest BCUT2D eigenvalue weighted by Crippen LogP contribution is 2.12. The summed E-state index contributed by atoms with van der Waals surface area (Å²) in [6.07, 6.45) is 2.28. The predicted molar refractivity (Wildman–Crippen MR) is 78.0 cm³/mol. The zero-order chi connectivity index (χ0) is 14.6. The molecule has 0 bridgehead atoms. The molecular formula is C11H20N4O3S. The van der Waals surface area contributed by atoms with Gasteiger partial charge in [0.25, 0.3) is 5.56 Å². The fourth-order valence-corrected chi connectivity index (χ4v) is 2.39. The second-order valence-corrected chi connectivity index (χ2v) is 5.93. The van der Waals surface area contributed by atoms with Gasteiger partial charge in [-0.1, -0.05) is 0 Å². The monoisotopic (exact) mass is 288 g/mol. The summed E-state index contributed by atoms with van der Waals surface area (Å²) in [5, 5.41) is 2.97. The topological polar surface area (TPSA) is 110 Å². The maximum Gasteiger partial charge on any atom is 0.330 e. The zero-order valence-electron chi connectivity index (χ0n) is 11.4. The van der Waals surface area contributed by atoms with Gasteiger partial charge in [-0.15, -0.1) is 0 Å². The summed E-state index contributed by atoms with van der Waals surface area (Å²) in [6.45, 7) is 4.01. The normalized spacial score (nSPS) is 14.1. The van der Waals surface area contributed by atoms with Crippen LogP contribution >= 0.6 is 0 Å². The standard InChI is InChI=1S/C11H20N4O3S/c1-4-15-9(12)8(10(16)14-11(15)17)13-7(2)5-6-19(3)18/h7,13H,4-6,12H2,1-3H3,(H,14,16,17). The molecule has 0 spiro atoms. The molecular weight excluding hydrogens is 268 g/mol. The molecule has 2 unspecified atom stereocenters. The van der Waals surface area contributed by atoms with Gasteiger partial charge >= 0.3 is 5.69 Å². The van der Waals surface area contributed by atoms with Gasteiger partial charge in [-0.05, 0) is 20.3 Å². The Balaban J connectivity index is 2.98. The molecule has 108 valence electrons. The molecule has 0 aromatic carbocycles. The molecule has 0 saturated carbocycles. The Morgan fingerprint density at radius 2 is 2.11 bits per heavy atom. The zero-order valence-corrected chi connectivity index (χ0v) is 12.2. The molecule has 1 heterocycles. The molecule has 0 aliphatic carbocycles. The second-order valence-electron chi connectivity index (χ2n) is 4.38. The van der Waals surface area contributed by atoms with Crippen LogP contribution < -0.4 is 22.3 Å². The van der Waals surface area contributed by atoms with Gasteiger partial charge in [-0.3, -0.25) is 18.6 Å². The van der Waals surface area contributed by atoms with Crippen molar-refractivity contribution >= 4 is 22.3 Å². The van der Waals surface area contributed by atoms with Crippen molar-refractivity contribution in [3.63, 3.8) is 0 Å². The average Bonchev–Trinajstić information content (AvgIpc) is 2.32. The van der Waals surface area contributed by atoms with E-state index in [4.69, 9.17) is 5.73 Å². The Morgan fingerprint density at radius 1 is 1.47 bits per heavy atom. The minimum atomic E-state index is -0.877. The first kappa shape index (κ1) is 15.5. The Labute approximate surface area is 113 Å². The maximum absolute atomic E-state index is 11.7. The van der Waals surface area contributed by atoms with Crippen LogP contribution in [0.3, 0.4) is 0 Å². The van der Waals surface area contributed by atoms with Gasteiger partial charge in [-0.25, -0.2) is 4.79 Å². The van der Waals surface area contributed by atoms with E-state index in [0.717, 1.165) is 0 Å². The van der Waals surface area contributed by atoms with E-state index in [0.29, 0.717) is 18.7 Å². The minimum Gasteiger partial charge on any atom is -0.383 e. The van der Waals surface area contributed by atoms with E-state index in [1.807, 2.05) is 6.92 Å². The molecule has 0 fully saturated rings. The van der Waals surface area contributed by atoms with Crippen molar-refractivity contribution in [3.05, 3.63) is 20.8 Å². The van der Waals surface area contributed by atoms with Gasteiger partial charge in [0.2, 0.25) is 0 Å². The van der Waals surface area contributed by atoms with Crippen LogP contribution in [-0.4, -0.2) is 31.8 Å². The lowest BCUT2D eigenvalue weighted by atomic mass is 10.2. The van der Waals surface area contributed by atoms with Crippen LogP contribution in [0.25, 0.3) is 0 Å². The lowest BCUT2D eigenvalue weighted by Crippen LogP contribution is -2.35. The Morgan fingerprint density at radius 3 is 2.63 bits per heavy atom. The number of H-pyrrole nitrogens is 1. The fourth-order valence-electron chi connectivity index (χ4n) is 1.70. The third-order valence-electron chi connectivity index (χ3n) is 2.78. The first-order valence-corrected chi connectivity index (χ1v) is 7.78. The number of nitrogens with two attached hydrogens (primary N) is 1. The first-order valence-electron chi connectivity index (χ1n) is 6.06. The first-order chi connectivity index (χ1) is 8.86. The summed E-state index contributed by atoms with van der Waals surface area (Å²) in [4.78, 5) is 25.5. The average molecular weight is 288 g/mol. The van der Waals surface area contributed by atoms with E-state index in [9.17, 15) is 13.8 Å².